The molecule has 1 aromatic rings. The summed E-state index contributed by atoms with van der Waals surface area (Å²) in [5.41, 5.74) is 0.752. The van der Waals surface area contributed by atoms with Gasteiger partial charge in [0, 0.05) is 0 Å². The predicted molar refractivity (Wildman–Crippen MR) is 62.9 cm³/mol. The topological polar surface area (TPSA) is 66.8 Å². The Balaban J connectivity index is 3.05. The molecule has 4 nitrogen and oxygen atoms in total. The number of hydrogen-bond acceptors (Lipinski definition) is 3. The van der Waals surface area contributed by atoms with Gasteiger partial charge in [0.15, 0.2) is 0 Å². The number of phenolic OH excluding ortho intramolecular Hbond substituents is 1. The van der Waals surface area contributed by atoms with Gasteiger partial charge in [-0.3, -0.25) is 4.79 Å². The number of carbonyl (C=O) groups is 1. The fourth-order valence-corrected chi connectivity index (χ4v) is 1.93. The van der Waals surface area contributed by atoms with Gasteiger partial charge in [-0.15, -0.1) is 0 Å². The van der Waals surface area contributed by atoms with Crippen LogP contribution in [0.4, 0.5) is 0 Å². The molecule has 1 aromatic carbocycles. The van der Waals surface area contributed by atoms with E-state index in [2.05, 4.69) is 15.9 Å². The minimum atomic E-state index is -0.855. The molecule has 16 heavy (non-hydrogen) atoms. The molecule has 0 radical (unpaired) electrons. The van der Waals surface area contributed by atoms with E-state index in [1.165, 1.54) is 13.2 Å². The number of carboxylic acid groups (broad SMARTS) is 1. The summed E-state index contributed by atoms with van der Waals surface area (Å²) in [5.74, 6) is -0.798. The minimum Gasteiger partial charge on any atom is -0.507 e. The zero-order valence-corrected chi connectivity index (χ0v) is 10.6. The third kappa shape index (κ3) is 2.66. The maximum absolute atomic E-state index is 10.8. The van der Waals surface area contributed by atoms with Crippen molar-refractivity contribution in [3.8, 4) is 11.5 Å². The molecule has 0 amide bonds. The summed E-state index contributed by atoms with van der Waals surface area (Å²) in [7, 11) is 1.48. The standard InChI is InChI=1S/C11H13BrO4/c1-6(11(14)15)5-7-3-4-8(13)9(12)10(7)16-2/h3-4,6,13H,5H2,1-2H3,(H,14,15). The number of halogens is 1. The molecule has 1 unspecified atom stereocenters. The molecule has 0 heterocycles. The summed E-state index contributed by atoms with van der Waals surface area (Å²) < 4.78 is 5.59. The number of ether oxygens (including phenoxy) is 1. The van der Waals surface area contributed by atoms with Crippen molar-refractivity contribution in [3.05, 3.63) is 22.2 Å². The van der Waals surface area contributed by atoms with Crippen LogP contribution in [0.3, 0.4) is 0 Å². The molecule has 1 rings (SSSR count). The normalized spacial score (nSPS) is 12.2. The molecule has 0 aromatic heterocycles. The second-order valence-electron chi connectivity index (χ2n) is 3.53. The summed E-state index contributed by atoms with van der Waals surface area (Å²) in [6.07, 6.45) is 0.359. The van der Waals surface area contributed by atoms with Crippen molar-refractivity contribution in [2.24, 2.45) is 5.92 Å². The van der Waals surface area contributed by atoms with Gasteiger partial charge in [0.1, 0.15) is 16.0 Å². The molecule has 0 fully saturated rings. The second-order valence-corrected chi connectivity index (χ2v) is 4.33. The first kappa shape index (κ1) is 12.8. The highest BCUT2D eigenvalue weighted by Gasteiger charge is 2.17. The van der Waals surface area contributed by atoms with Crippen LogP contribution in [-0.2, 0) is 11.2 Å². The number of methoxy groups -OCH3 is 1. The number of phenols is 1. The first-order valence-electron chi connectivity index (χ1n) is 4.74. The molecule has 1 atom stereocenters. The lowest BCUT2D eigenvalue weighted by molar-refractivity contribution is -0.141. The lowest BCUT2D eigenvalue weighted by Crippen LogP contribution is -2.12. The molecule has 5 heteroatoms. The zero-order valence-electron chi connectivity index (χ0n) is 9.03. The summed E-state index contributed by atoms with van der Waals surface area (Å²) in [6, 6.07) is 3.18. The predicted octanol–water partition coefficient (Wildman–Crippen LogP) is 2.43. The zero-order chi connectivity index (χ0) is 12.3. The summed E-state index contributed by atoms with van der Waals surface area (Å²) in [4.78, 5) is 10.8. The Morgan fingerprint density at radius 2 is 2.19 bits per heavy atom. The summed E-state index contributed by atoms with van der Waals surface area (Å²) in [5, 5.41) is 18.3. The molecule has 0 bridgehead atoms. The van der Waals surface area contributed by atoms with Crippen LogP contribution in [0.2, 0.25) is 0 Å². The van der Waals surface area contributed by atoms with Gasteiger partial charge in [0.05, 0.1) is 13.0 Å². The number of hydrogen-bond donors (Lipinski definition) is 2. The fourth-order valence-electron chi connectivity index (χ4n) is 1.38. The molecule has 88 valence electrons. The smallest absolute Gasteiger partial charge is 0.306 e. The Morgan fingerprint density at radius 3 is 2.69 bits per heavy atom. The summed E-state index contributed by atoms with van der Waals surface area (Å²) >= 11 is 3.20. The Bertz CT molecular complexity index is 403. The average Bonchev–Trinajstić information content (AvgIpc) is 2.23. The van der Waals surface area contributed by atoms with Gasteiger partial charge in [-0.25, -0.2) is 0 Å². The van der Waals surface area contributed by atoms with E-state index in [1.807, 2.05) is 0 Å². The summed E-state index contributed by atoms with van der Waals surface area (Å²) in [6.45, 7) is 1.63. The monoisotopic (exact) mass is 288 g/mol. The highest BCUT2D eigenvalue weighted by molar-refractivity contribution is 9.10. The quantitative estimate of drug-likeness (QED) is 0.893. The average molecular weight is 289 g/mol. The van der Waals surface area contributed by atoms with E-state index in [4.69, 9.17) is 9.84 Å². The maximum atomic E-state index is 10.8. The van der Waals surface area contributed by atoms with E-state index in [1.54, 1.807) is 13.0 Å². The molecule has 0 aliphatic rings. The number of aliphatic carboxylic acids is 1. The highest BCUT2D eigenvalue weighted by atomic mass is 79.9. The van der Waals surface area contributed by atoms with Gasteiger partial charge < -0.3 is 14.9 Å². The van der Waals surface area contributed by atoms with Crippen LogP contribution in [-0.4, -0.2) is 23.3 Å². The van der Waals surface area contributed by atoms with E-state index in [0.29, 0.717) is 16.6 Å². The molecule has 0 aliphatic carbocycles. The SMILES string of the molecule is COc1c(CC(C)C(=O)O)ccc(O)c1Br. The van der Waals surface area contributed by atoms with Crippen molar-refractivity contribution in [2.75, 3.05) is 7.11 Å². The van der Waals surface area contributed by atoms with Crippen LogP contribution < -0.4 is 4.74 Å². The number of carboxylic acids is 1. The van der Waals surface area contributed by atoms with Crippen molar-refractivity contribution >= 4 is 21.9 Å². The Morgan fingerprint density at radius 1 is 1.56 bits per heavy atom. The lowest BCUT2D eigenvalue weighted by atomic mass is 10.0. The van der Waals surface area contributed by atoms with E-state index >= 15 is 0 Å². The van der Waals surface area contributed by atoms with Crippen molar-refractivity contribution in [2.45, 2.75) is 13.3 Å². The third-order valence-electron chi connectivity index (χ3n) is 2.31. The third-order valence-corrected chi connectivity index (χ3v) is 3.08. The van der Waals surface area contributed by atoms with Crippen molar-refractivity contribution in [3.63, 3.8) is 0 Å². The minimum absolute atomic E-state index is 0.0728. The van der Waals surface area contributed by atoms with Crippen molar-refractivity contribution in [1.29, 1.82) is 0 Å². The molecular weight excluding hydrogens is 276 g/mol. The maximum Gasteiger partial charge on any atom is 0.306 e. The van der Waals surface area contributed by atoms with Gasteiger partial charge in [-0.1, -0.05) is 13.0 Å². The van der Waals surface area contributed by atoms with Gasteiger partial charge >= 0.3 is 5.97 Å². The Labute approximate surface area is 102 Å². The largest absolute Gasteiger partial charge is 0.507 e. The van der Waals surface area contributed by atoms with E-state index < -0.39 is 11.9 Å². The number of benzene rings is 1. The Hall–Kier alpha value is -1.23. The van der Waals surface area contributed by atoms with Gasteiger partial charge in [-0.2, -0.15) is 0 Å². The van der Waals surface area contributed by atoms with Gasteiger partial charge in [0.2, 0.25) is 0 Å². The van der Waals surface area contributed by atoms with Crippen molar-refractivity contribution in [1.82, 2.24) is 0 Å². The molecule has 2 N–H and O–H groups in total. The van der Waals surface area contributed by atoms with Crippen LogP contribution in [0.5, 0.6) is 11.5 Å². The lowest BCUT2D eigenvalue weighted by Gasteiger charge is -2.13. The van der Waals surface area contributed by atoms with Crippen LogP contribution in [0.25, 0.3) is 0 Å². The van der Waals surface area contributed by atoms with Crippen molar-refractivity contribution < 1.29 is 19.7 Å². The second kappa shape index (κ2) is 5.21. The van der Waals surface area contributed by atoms with Crippen LogP contribution in [0.1, 0.15) is 12.5 Å². The van der Waals surface area contributed by atoms with Crippen LogP contribution in [0, 0.1) is 5.92 Å². The molecule has 0 saturated heterocycles. The van der Waals surface area contributed by atoms with Crippen LogP contribution >= 0.6 is 15.9 Å². The number of aromatic hydroxyl groups is 1. The highest BCUT2D eigenvalue weighted by Crippen LogP contribution is 2.37. The Kier molecular flexibility index (Phi) is 4.18. The molecule has 0 aliphatic heterocycles. The fraction of sp³-hybridized carbons (Fsp3) is 0.364. The van der Waals surface area contributed by atoms with Crippen LogP contribution in [0.15, 0.2) is 16.6 Å². The van der Waals surface area contributed by atoms with Gasteiger partial charge in [-0.05, 0) is 34.0 Å². The van der Waals surface area contributed by atoms with E-state index in [-0.39, 0.29) is 5.75 Å². The first-order chi connectivity index (χ1) is 7.47. The molecular formula is C11H13BrO4. The first-order valence-corrected chi connectivity index (χ1v) is 5.53. The number of rotatable bonds is 4. The molecule has 0 spiro atoms. The van der Waals surface area contributed by atoms with E-state index in [0.717, 1.165) is 5.56 Å². The molecule has 0 saturated carbocycles. The van der Waals surface area contributed by atoms with Gasteiger partial charge in [0.25, 0.3) is 0 Å². The van der Waals surface area contributed by atoms with E-state index in [9.17, 15) is 9.90 Å².